The van der Waals surface area contributed by atoms with E-state index in [0.717, 1.165) is 60.0 Å². The van der Waals surface area contributed by atoms with Crippen LogP contribution in [0.15, 0.2) is 54.9 Å². The summed E-state index contributed by atoms with van der Waals surface area (Å²) in [6.45, 7) is 3.86. The van der Waals surface area contributed by atoms with E-state index in [4.69, 9.17) is 4.74 Å². The molecule has 2 N–H and O–H groups in total. The van der Waals surface area contributed by atoms with Gasteiger partial charge in [0.15, 0.2) is 0 Å². The van der Waals surface area contributed by atoms with Gasteiger partial charge >= 0.3 is 0 Å². The van der Waals surface area contributed by atoms with E-state index in [0.29, 0.717) is 12.8 Å². The zero-order chi connectivity index (χ0) is 21.6. The summed E-state index contributed by atoms with van der Waals surface area (Å²) >= 11 is 0. The lowest BCUT2D eigenvalue weighted by Gasteiger charge is -2.35. The highest BCUT2D eigenvalue weighted by Crippen LogP contribution is 2.32. The van der Waals surface area contributed by atoms with Gasteiger partial charge in [-0.1, -0.05) is 18.2 Å². The lowest BCUT2D eigenvalue weighted by Crippen LogP contribution is -2.44. The number of nitrogens with zero attached hydrogens (tertiary/aromatic N) is 3. The van der Waals surface area contributed by atoms with Crippen LogP contribution in [0.2, 0.25) is 0 Å². The smallest absolute Gasteiger partial charge is 0.224 e. The maximum Gasteiger partial charge on any atom is 0.224 e. The molecule has 1 aromatic heterocycles. The fourth-order valence-electron chi connectivity index (χ4n) is 3.83. The molecule has 7 heteroatoms. The molecule has 0 radical (unpaired) electrons. The van der Waals surface area contributed by atoms with E-state index in [2.05, 4.69) is 38.4 Å². The van der Waals surface area contributed by atoms with Gasteiger partial charge in [0.05, 0.1) is 24.7 Å². The third kappa shape index (κ3) is 5.24. The molecule has 1 aliphatic heterocycles. The van der Waals surface area contributed by atoms with Crippen LogP contribution >= 0.6 is 0 Å². The molecule has 1 amide bonds. The number of likely N-dealkylation sites (N-methyl/N-ethyl adjacent to an activating group) is 1. The van der Waals surface area contributed by atoms with Gasteiger partial charge < -0.3 is 19.9 Å². The van der Waals surface area contributed by atoms with Crippen molar-refractivity contribution in [2.75, 3.05) is 50.6 Å². The molecule has 3 aromatic rings. The summed E-state index contributed by atoms with van der Waals surface area (Å²) in [5.74, 6) is 0.819. The maximum absolute atomic E-state index is 12.8. The number of rotatable bonds is 7. The second-order valence-electron chi connectivity index (χ2n) is 7.91. The van der Waals surface area contributed by atoms with Crippen LogP contribution in [0.5, 0.6) is 5.75 Å². The SMILES string of the molecule is COc1cccc(CCC(=O)Nc2ccc(-c3cn[nH]c3)cc2N2CCN(C)CC2)c1. The predicted octanol–water partition coefficient (Wildman–Crippen LogP) is 3.41. The topological polar surface area (TPSA) is 73.5 Å². The number of nitrogens with one attached hydrogen (secondary N) is 2. The Kier molecular flexibility index (Phi) is 6.52. The van der Waals surface area contributed by atoms with Crippen LogP contribution < -0.4 is 15.0 Å². The summed E-state index contributed by atoms with van der Waals surface area (Å²) in [5, 5.41) is 10.1. The number of hydrogen-bond donors (Lipinski definition) is 2. The zero-order valence-corrected chi connectivity index (χ0v) is 18.1. The normalized spacial score (nSPS) is 14.5. The number of aryl methyl sites for hydroxylation is 1. The molecule has 1 aliphatic rings. The Bertz CT molecular complexity index is 1010. The summed E-state index contributed by atoms with van der Waals surface area (Å²) < 4.78 is 5.27. The van der Waals surface area contributed by atoms with Gasteiger partial charge in [-0.05, 0) is 48.9 Å². The highest BCUT2D eigenvalue weighted by molar-refractivity contribution is 5.95. The fourth-order valence-corrected chi connectivity index (χ4v) is 3.83. The molecular weight excluding hydrogens is 390 g/mol. The molecule has 0 aliphatic carbocycles. The summed E-state index contributed by atoms with van der Waals surface area (Å²) in [6.07, 6.45) is 4.78. The van der Waals surface area contributed by atoms with Crippen LogP contribution in [0.1, 0.15) is 12.0 Å². The van der Waals surface area contributed by atoms with Gasteiger partial charge in [-0.15, -0.1) is 0 Å². The molecule has 2 aromatic carbocycles. The second kappa shape index (κ2) is 9.66. The van der Waals surface area contributed by atoms with E-state index < -0.39 is 0 Å². The minimum Gasteiger partial charge on any atom is -0.497 e. The largest absolute Gasteiger partial charge is 0.497 e. The molecule has 0 unspecified atom stereocenters. The van der Waals surface area contributed by atoms with Gasteiger partial charge in [-0.2, -0.15) is 5.10 Å². The predicted molar refractivity (Wildman–Crippen MR) is 124 cm³/mol. The van der Waals surface area contributed by atoms with Gasteiger partial charge in [0.25, 0.3) is 0 Å². The van der Waals surface area contributed by atoms with Crippen LogP contribution in [0.3, 0.4) is 0 Å². The number of H-pyrrole nitrogens is 1. The van der Waals surface area contributed by atoms with Crippen LogP contribution in [0.25, 0.3) is 11.1 Å². The number of anilines is 2. The monoisotopic (exact) mass is 419 g/mol. The quantitative estimate of drug-likeness (QED) is 0.614. The Morgan fingerprint density at radius 3 is 2.71 bits per heavy atom. The van der Waals surface area contributed by atoms with Gasteiger partial charge in [0.1, 0.15) is 5.75 Å². The van der Waals surface area contributed by atoms with Crippen LogP contribution in [-0.2, 0) is 11.2 Å². The number of benzene rings is 2. The lowest BCUT2D eigenvalue weighted by molar-refractivity contribution is -0.116. The van der Waals surface area contributed by atoms with Crippen LogP contribution in [-0.4, -0.2) is 61.3 Å². The van der Waals surface area contributed by atoms with E-state index >= 15 is 0 Å². The molecule has 31 heavy (non-hydrogen) atoms. The molecule has 1 saturated heterocycles. The maximum atomic E-state index is 12.8. The first-order valence-electron chi connectivity index (χ1n) is 10.6. The number of aromatic nitrogens is 2. The number of ether oxygens (including phenoxy) is 1. The standard InChI is InChI=1S/C24H29N5O2/c1-28-10-12-29(13-11-28)23-15-19(20-16-25-26-17-20)7-8-22(23)27-24(30)9-6-18-4-3-5-21(14-18)31-2/h3-5,7-8,14-17H,6,9-13H2,1-2H3,(H,25,26)(H,27,30). The first kappa shape index (κ1) is 20.9. The zero-order valence-electron chi connectivity index (χ0n) is 18.1. The Morgan fingerprint density at radius 2 is 1.97 bits per heavy atom. The molecule has 0 bridgehead atoms. The third-order valence-corrected chi connectivity index (χ3v) is 5.72. The molecule has 0 atom stereocenters. The van der Waals surface area contributed by atoms with Crippen molar-refractivity contribution in [2.45, 2.75) is 12.8 Å². The highest BCUT2D eigenvalue weighted by Gasteiger charge is 2.19. The van der Waals surface area contributed by atoms with Crippen molar-refractivity contribution in [3.8, 4) is 16.9 Å². The number of piperazine rings is 1. The van der Waals surface area contributed by atoms with Crippen molar-refractivity contribution in [2.24, 2.45) is 0 Å². The van der Waals surface area contributed by atoms with Crippen molar-refractivity contribution in [3.63, 3.8) is 0 Å². The van der Waals surface area contributed by atoms with Crippen molar-refractivity contribution in [1.82, 2.24) is 15.1 Å². The first-order chi connectivity index (χ1) is 15.1. The molecule has 162 valence electrons. The van der Waals surface area contributed by atoms with E-state index in [1.54, 1.807) is 7.11 Å². The molecule has 0 saturated carbocycles. The summed E-state index contributed by atoms with van der Waals surface area (Å²) in [6, 6.07) is 14.0. The van der Waals surface area contributed by atoms with Gasteiger partial charge in [-0.25, -0.2) is 0 Å². The lowest BCUT2D eigenvalue weighted by atomic mass is 10.1. The number of amides is 1. The third-order valence-electron chi connectivity index (χ3n) is 5.72. The Balaban J connectivity index is 1.50. The molecule has 0 spiro atoms. The Labute approximate surface area is 183 Å². The molecule has 1 fully saturated rings. The molecular formula is C24H29N5O2. The molecule has 7 nitrogen and oxygen atoms in total. The van der Waals surface area contributed by atoms with E-state index in [1.165, 1.54) is 0 Å². The van der Waals surface area contributed by atoms with E-state index in [9.17, 15) is 4.79 Å². The van der Waals surface area contributed by atoms with E-state index in [-0.39, 0.29) is 5.91 Å². The Hall–Kier alpha value is -3.32. The Morgan fingerprint density at radius 1 is 1.13 bits per heavy atom. The van der Waals surface area contributed by atoms with Crippen molar-refractivity contribution >= 4 is 17.3 Å². The second-order valence-corrected chi connectivity index (χ2v) is 7.91. The average molecular weight is 420 g/mol. The first-order valence-corrected chi connectivity index (χ1v) is 10.6. The highest BCUT2D eigenvalue weighted by atomic mass is 16.5. The number of carbonyl (C=O) groups excluding carboxylic acids is 1. The van der Waals surface area contributed by atoms with Crippen molar-refractivity contribution in [3.05, 3.63) is 60.4 Å². The average Bonchev–Trinajstić information content (AvgIpc) is 3.34. The van der Waals surface area contributed by atoms with Gasteiger partial charge in [-0.3, -0.25) is 9.89 Å². The minimum absolute atomic E-state index is 0.00857. The molecule has 2 heterocycles. The van der Waals surface area contributed by atoms with Gasteiger partial charge in [0, 0.05) is 44.4 Å². The molecule has 4 rings (SSSR count). The summed E-state index contributed by atoms with van der Waals surface area (Å²) in [5.41, 5.74) is 5.11. The van der Waals surface area contributed by atoms with Crippen LogP contribution in [0.4, 0.5) is 11.4 Å². The summed E-state index contributed by atoms with van der Waals surface area (Å²) in [7, 11) is 3.79. The number of hydrogen-bond acceptors (Lipinski definition) is 5. The van der Waals surface area contributed by atoms with Gasteiger partial charge in [0.2, 0.25) is 5.91 Å². The summed E-state index contributed by atoms with van der Waals surface area (Å²) in [4.78, 5) is 17.4. The fraction of sp³-hybridized carbons (Fsp3) is 0.333. The van der Waals surface area contributed by atoms with E-state index in [1.807, 2.05) is 48.8 Å². The van der Waals surface area contributed by atoms with Crippen LogP contribution in [0, 0.1) is 0 Å². The number of aromatic amines is 1. The van der Waals surface area contributed by atoms with Crippen molar-refractivity contribution < 1.29 is 9.53 Å². The minimum atomic E-state index is 0.00857. The van der Waals surface area contributed by atoms with Crippen molar-refractivity contribution in [1.29, 1.82) is 0 Å². The number of carbonyl (C=O) groups is 1. The number of methoxy groups -OCH3 is 1.